The smallest absolute Gasteiger partial charge is 0.315 e. The van der Waals surface area contributed by atoms with Gasteiger partial charge in [-0.1, -0.05) is 60.7 Å². The second kappa shape index (κ2) is 8.55. The zero-order chi connectivity index (χ0) is 24.6. The number of benzene rings is 3. The molecule has 8 nitrogen and oxygen atoms in total. The first-order valence-corrected chi connectivity index (χ1v) is 10.7. The number of nitrogens with one attached hydrogen (secondary N) is 1. The highest BCUT2D eigenvalue weighted by molar-refractivity contribution is 6.13. The molecule has 1 saturated heterocycles. The van der Waals surface area contributed by atoms with E-state index in [-0.39, 0.29) is 11.3 Å². The van der Waals surface area contributed by atoms with Crippen molar-refractivity contribution in [2.45, 2.75) is 26.3 Å². The summed E-state index contributed by atoms with van der Waals surface area (Å²) in [6, 6.07) is 17.8. The molecule has 0 spiro atoms. The Morgan fingerprint density at radius 3 is 2.24 bits per heavy atom. The predicted octanol–water partition coefficient (Wildman–Crippen LogP) is 4.20. The van der Waals surface area contributed by atoms with E-state index in [9.17, 15) is 24.5 Å². The zero-order valence-electron chi connectivity index (χ0n) is 19.0. The van der Waals surface area contributed by atoms with Crippen LogP contribution in [0, 0.1) is 30.9 Å². The molecular formula is C26H23N3O5. The molecule has 4 rings (SSSR count). The number of nitro groups is 1. The summed E-state index contributed by atoms with van der Waals surface area (Å²) < 4.78 is 0. The molecule has 0 unspecified atom stereocenters. The topological polar surface area (TPSA) is 110 Å². The maximum Gasteiger partial charge on any atom is 0.325 e. The average Bonchev–Trinajstić information content (AvgIpc) is 3.07. The molecule has 8 heteroatoms. The highest BCUT2D eigenvalue weighted by Crippen LogP contribution is 2.37. The van der Waals surface area contributed by atoms with Gasteiger partial charge in [-0.05, 0) is 43.0 Å². The number of hydrogen-bond donors (Lipinski definition) is 1. The van der Waals surface area contributed by atoms with Gasteiger partial charge in [0.05, 0.1) is 11.5 Å². The van der Waals surface area contributed by atoms with Crippen LogP contribution in [0.4, 0.5) is 10.5 Å². The molecule has 3 aromatic carbocycles. The van der Waals surface area contributed by atoms with Gasteiger partial charge in [0, 0.05) is 17.2 Å². The van der Waals surface area contributed by atoms with E-state index < -0.39 is 34.7 Å². The first kappa shape index (κ1) is 22.8. The summed E-state index contributed by atoms with van der Waals surface area (Å²) >= 11 is 0. The Hall–Kier alpha value is -4.33. The van der Waals surface area contributed by atoms with Crippen LogP contribution in [0.2, 0.25) is 0 Å². The van der Waals surface area contributed by atoms with Gasteiger partial charge >= 0.3 is 6.03 Å². The van der Waals surface area contributed by atoms with Crippen molar-refractivity contribution in [3.63, 3.8) is 0 Å². The fourth-order valence-corrected chi connectivity index (χ4v) is 4.15. The molecule has 0 aromatic heterocycles. The van der Waals surface area contributed by atoms with Crippen molar-refractivity contribution in [1.29, 1.82) is 0 Å². The maximum absolute atomic E-state index is 13.8. The summed E-state index contributed by atoms with van der Waals surface area (Å²) in [4.78, 5) is 51.4. The molecule has 1 atom stereocenters. The molecule has 172 valence electrons. The molecule has 1 heterocycles. The SMILES string of the molecule is Cc1ccc([C@]2(c3ccccc3)NC(=O)N(CC(=O)c3ccc(C)c([N+](=O)[O-])c3)C2=O)cc1C. The van der Waals surface area contributed by atoms with E-state index in [2.05, 4.69) is 5.32 Å². The molecule has 0 radical (unpaired) electrons. The Morgan fingerprint density at radius 1 is 0.912 bits per heavy atom. The van der Waals surface area contributed by atoms with Crippen LogP contribution in [-0.4, -0.2) is 34.1 Å². The molecular weight excluding hydrogens is 434 g/mol. The first-order chi connectivity index (χ1) is 16.1. The second-order valence-corrected chi connectivity index (χ2v) is 8.42. The van der Waals surface area contributed by atoms with Crippen LogP contribution in [-0.2, 0) is 10.3 Å². The minimum atomic E-state index is -1.49. The van der Waals surface area contributed by atoms with Gasteiger partial charge in [-0.3, -0.25) is 24.6 Å². The maximum atomic E-state index is 13.8. The van der Waals surface area contributed by atoms with Gasteiger partial charge in [-0.25, -0.2) is 4.79 Å². The number of rotatable bonds is 6. The van der Waals surface area contributed by atoms with Crippen molar-refractivity contribution >= 4 is 23.4 Å². The van der Waals surface area contributed by atoms with Gasteiger partial charge in [0.25, 0.3) is 11.6 Å². The van der Waals surface area contributed by atoms with Crippen LogP contribution in [0.5, 0.6) is 0 Å². The minimum absolute atomic E-state index is 0.0568. The molecule has 1 aliphatic heterocycles. The number of carbonyl (C=O) groups excluding carboxylic acids is 3. The lowest BCUT2D eigenvalue weighted by atomic mass is 9.81. The summed E-state index contributed by atoms with van der Waals surface area (Å²) in [6.07, 6.45) is 0. The highest BCUT2D eigenvalue weighted by Gasteiger charge is 2.54. The monoisotopic (exact) mass is 457 g/mol. The summed E-state index contributed by atoms with van der Waals surface area (Å²) in [5, 5.41) is 14.1. The van der Waals surface area contributed by atoms with Crippen molar-refractivity contribution in [3.05, 3.63) is 110 Å². The van der Waals surface area contributed by atoms with Crippen LogP contribution >= 0.6 is 0 Å². The molecule has 0 saturated carbocycles. The number of imide groups is 1. The molecule has 3 amide bonds. The van der Waals surface area contributed by atoms with Crippen molar-refractivity contribution in [1.82, 2.24) is 10.2 Å². The lowest BCUT2D eigenvalue weighted by Crippen LogP contribution is -2.45. The van der Waals surface area contributed by atoms with Crippen LogP contribution < -0.4 is 5.32 Å². The number of Topliss-reactive ketones (excluding diaryl/α,β-unsaturated/α-hetero) is 1. The van der Waals surface area contributed by atoms with E-state index in [1.54, 1.807) is 37.3 Å². The largest absolute Gasteiger partial charge is 0.325 e. The van der Waals surface area contributed by atoms with E-state index in [0.717, 1.165) is 16.0 Å². The summed E-state index contributed by atoms with van der Waals surface area (Å²) in [5.41, 5.74) is 1.93. The third-order valence-corrected chi connectivity index (χ3v) is 6.28. The number of nitro benzene ring substituents is 1. The molecule has 34 heavy (non-hydrogen) atoms. The van der Waals surface area contributed by atoms with Gasteiger partial charge in [0.2, 0.25) is 0 Å². The Labute approximate surface area is 196 Å². The molecule has 1 fully saturated rings. The predicted molar refractivity (Wildman–Crippen MR) is 126 cm³/mol. The van der Waals surface area contributed by atoms with Crippen LogP contribution in [0.15, 0.2) is 66.7 Å². The molecule has 0 bridgehead atoms. The Bertz CT molecular complexity index is 1340. The third-order valence-electron chi connectivity index (χ3n) is 6.28. The summed E-state index contributed by atoms with van der Waals surface area (Å²) in [5.74, 6) is -1.16. The fourth-order valence-electron chi connectivity index (χ4n) is 4.15. The number of hydrogen-bond acceptors (Lipinski definition) is 5. The average molecular weight is 457 g/mol. The Kier molecular flexibility index (Phi) is 5.75. The van der Waals surface area contributed by atoms with E-state index in [4.69, 9.17) is 0 Å². The van der Waals surface area contributed by atoms with E-state index in [1.165, 1.54) is 18.2 Å². The van der Waals surface area contributed by atoms with Crippen molar-refractivity contribution in [2.24, 2.45) is 0 Å². The molecule has 0 aliphatic carbocycles. The van der Waals surface area contributed by atoms with Crippen LogP contribution in [0.25, 0.3) is 0 Å². The number of nitrogens with zero attached hydrogens (tertiary/aromatic N) is 2. The number of urea groups is 1. The Morgan fingerprint density at radius 2 is 1.59 bits per heavy atom. The summed E-state index contributed by atoms with van der Waals surface area (Å²) in [6.45, 7) is 4.91. The standard InChI is InChI=1S/C26H23N3O5/c1-16-10-12-21(13-18(16)3)26(20-7-5-4-6-8-20)24(31)28(25(32)27-26)15-23(30)19-11-9-17(2)22(14-19)29(33)34/h4-14H,15H2,1-3H3,(H,27,32)/t26-/m0/s1. The molecule has 1 N–H and O–H groups in total. The lowest BCUT2D eigenvalue weighted by molar-refractivity contribution is -0.385. The lowest BCUT2D eigenvalue weighted by Gasteiger charge is -2.28. The number of aryl methyl sites for hydroxylation is 3. The van der Waals surface area contributed by atoms with E-state index >= 15 is 0 Å². The van der Waals surface area contributed by atoms with Crippen LogP contribution in [0.1, 0.15) is 38.2 Å². The summed E-state index contributed by atoms with van der Waals surface area (Å²) in [7, 11) is 0. The molecule has 1 aliphatic rings. The zero-order valence-corrected chi connectivity index (χ0v) is 19.0. The second-order valence-electron chi connectivity index (χ2n) is 8.42. The number of carbonyl (C=O) groups is 3. The van der Waals surface area contributed by atoms with E-state index in [0.29, 0.717) is 16.7 Å². The number of ketones is 1. The van der Waals surface area contributed by atoms with Crippen molar-refractivity contribution < 1.29 is 19.3 Å². The highest BCUT2D eigenvalue weighted by atomic mass is 16.6. The van der Waals surface area contributed by atoms with Gasteiger partial charge in [0.15, 0.2) is 11.3 Å². The van der Waals surface area contributed by atoms with Gasteiger partial charge in [-0.15, -0.1) is 0 Å². The normalized spacial score (nSPS) is 17.6. The third kappa shape index (κ3) is 3.73. The first-order valence-electron chi connectivity index (χ1n) is 10.7. The number of amides is 3. The van der Waals surface area contributed by atoms with Gasteiger partial charge in [0.1, 0.15) is 0 Å². The fraction of sp³-hybridized carbons (Fsp3) is 0.192. The van der Waals surface area contributed by atoms with Crippen LogP contribution in [0.3, 0.4) is 0 Å². The van der Waals surface area contributed by atoms with E-state index in [1.807, 2.05) is 32.0 Å². The van der Waals surface area contributed by atoms with Crippen molar-refractivity contribution in [2.75, 3.05) is 6.54 Å². The van der Waals surface area contributed by atoms with Gasteiger partial charge < -0.3 is 5.32 Å². The van der Waals surface area contributed by atoms with Gasteiger partial charge in [-0.2, -0.15) is 0 Å². The molecule has 3 aromatic rings. The van der Waals surface area contributed by atoms with Crippen molar-refractivity contribution in [3.8, 4) is 0 Å². The Balaban J connectivity index is 1.74. The minimum Gasteiger partial charge on any atom is -0.315 e. The quantitative estimate of drug-likeness (QED) is 0.258.